The van der Waals surface area contributed by atoms with Crippen LogP contribution in [-0.4, -0.2) is 0 Å². The second kappa shape index (κ2) is 4.73. The molecule has 0 amide bonds. The molecule has 0 spiro atoms. The number of benzene rings is 1. The molecule has 0 saturated heterocycles. The predicted molar refractivity (Wildman–Crippen MR) is 64.2 cm³/mol. The second-order valence-corrected chi connectivity index (χ2v) is 3.99. The van der Waals surface area contributed by atoms with Crippen LogP contribution in [0.5, 0.6) is 0 Å². The zero-order chi connectivity index (χ0) is 11.4. The predicted octanol–water partition coefficient (Wildman–Crippen LogP) is 3.95. The molecule has 0 radical (unpaired) electrons. The zero-order valence-corrected chi connectivity index (χ0v) is 9.17. The monoisotopic (exact) mass is 229 g/mol. The van der Waals surface area contributed by atoms with Gasteiger partial charge in [0.25, 0.3) is 0 Å². The summed E-state index contributed by atoms with van der Waals surface area (Å²) in [5, 5.41) is 12.9. The molecule has 2 aromatic rings. The van der Waals surface area contributed by atoms with Gasteiger partial charge in [0, 0.05) is 5.56 Å². The number of nitrogens with zero attached hydrogens (tertiary/aromatic N) is 1. The van der Waals surface area contributed by atoms with Crippen molar-refractivity contribution in [2.45, 2.75) is 0 Å². The van der Waals surface area contributed by atoms with E-state index in [1.54, 1.807) is 35.6 Å². The molecule has 78 valence electrons. The number of halogens is 1. The molecule has 0 aliphatic heterocycles. The Morgan fingerprint density at radius 1 is 1.31 bits per heavy atom. The van der Waals surface area contributed by atoms with Gasteiger partial charge >= 0.3 is 0 Å². The number of hydrogen-bond acceptors (Lipinski definition) is 2. The number of allylic oxidation sites excluding steroid dienone is 1. The third-order valence-electron chi connectivity index (χ3n) is 2.14. The first-order valence-corrected chi connectivity index (χ1v) is 5.64. The first kappa shape index (κ1) is 10.6. The highest BCUT2D eigenvalue weighted by atomic mass is 32.1. The molecule has 1 nitrogen and oxygen atoms in total. The van der Waals surface area contributed by atoms with Gasteiger partial charge in [0.1, 0.15) is 5.82 Å². The maximum atomic E-state index is 13.5. The highest BCUT2D eigenvalue weighted by Crippen LogP contribution is 2.21. The van der Waals surface area contributed by atoms with E-state index in [1.807, 2.05) is 22.9 Å². The summed E-state index contributed by atoms with van der Waals surface area (Å²) in [6.45, 7) is 0. The lowest BCUT2D eigenvalue weighted by Gasteiger charge is -1.99. The van der Waals surface area contributed by atoms with Gasteiger partial charge in [-0.1, -0.05) is 18.2 Å². The molecule has 0 aliphatic rings. The summed E-state index contributed by atoms with van der Waals surface area (Å²) in [7, 11) is 0. The molecule has 0 unspecified atom stereocenters. The van der Waals surface area contributed by atoms with Crippen LogP contribution in [0.15, 0.2) is 41.1 Å². The maximum Gasteiger partial charge on any atom is 0.131 e. The molecule has 2 rings (SSSR count). The Labute approximate surface area is 97.1 Å². The molecular weight excluding hydrogens is 221 g/mol. The van der Waals surface area contributed by atoms with E-state index >= 15 is 0 Å². The summed E-state index contributed by atoms with van der Waals surface area (Å²) in [6, 6.07) is 10.2. The van der Waals surface area contributed by atoms with E-state index in [0.29, 0.717) is 11.1 Å². The molecule has 0 saturated carbocycles. The van der Waals surface area contributed by atoms with Crippen LogP contribution in [0.3, 0.4) is 0 Å². The molecule has 0 aliphatic carbocycles. The van der Waals surface area contributed by atoms with E-state index in [2.05, 4.69) is 0 Å². The Morgan fingerprint density at radius 2 is 2.12 bits per heavy atom. The Bertz CT molecular complexity index is 550. The number of rotatable bonds is 2. The normalized spacial score (nSPS) is 11.1. The van der Waals surface area contributed by atoms with Crippen LogP contribution < -0.4 is 0 Å². The van der Waals surface area contributed by atoms with Crippen molar-refractivity contribution >= 4 is 23.0 Å². The standard InChI is InChI=1S/C13H8FNS/c14-13-4-2-1-3-12(13)11(8-15)7-10-5-6-16-9-10/h1-7,9H/b11-7-. The first-order chi connectivity index (χ1) is 7.81. The smallest absolute Gasteiger partial charge is 0.131 e. The van der Waals surface area contributed by atoms with Crippen LogP contribution in [0.4, 0.5) is 4.39 Å². The molecule has 0 N–H and O–H groups in total. The van der Waals surface area contributed by atoms with Crippen LogP contribution in [-0.2, 0) is 0 Å². The molecule has 16 heavy (non-hydrogen) atoms. The Hall–Kier alpha value is -1.92. The number of thiophene rings is 1. The van der Waals surface area contributed by atoms with Crippen LogP contribution >= 0.6 is 11.3 Å². The molecule has 1 heterocycles. The van der Waals surface area contributed by atoms with Crippen molar-refractivity contribution in [3.63, 3.8) is 0 Å². The molecule has 3 heteroatoms. The summed E-state index contributed by atoms with van der Waals surface area (Å²) in [5.41, 5.74) is 1.61. The summed E-state index contributed by atoms with van der Waals surface area (Å²) < 4.78 is 13.5. The summed E-state index contributed by atoms with van der Waals surface area (Å²) in [6.07, 6.45) is 1.69. The van der Waals surface area contributed by atoms with Crippen molar-refractivity contribution < 1.29 is 4.39 Å². The number of nitriles is 1. The Balaban J connectivity index is 2.46. The van der Waals surface area contributed by atoms with Gasteiger partial charge < -0.3 is 0 Å². The lowest BCUT2D eigenvalue weighted by Crippen LogP contribution is -1.86. The lowest BCUT2D eigenvalue weighted by molar-refractivity contribution is 0.624. The average molecular weight is 229 g/mol. The van der Waals surface area contributed by atoms with Crippen molar-refractivity contribution in [2.24, 2.45) is 0 Å². The molecule has 1 aromatic carbocycles. The van der Waals surface area contributed by atoms with E-state index in [1.165, 1.54) is 6.07 Å². The van der Waals surface area contributed by atoms with Crippen LogP contribution in [0, 0.1) is 17.1 Å². The number of hydrogen-bond donors (Lipinski definition) is 0. The molecule has 0 fully saturated rings. The fraction of sp³-hybridized carbons (Fsp3) is 0. The van der Waals surface area contributed by atoms with Crippen LogP contribution in [0.25, 0.3) is 11.6 Å². The van der Waals surface area contributed by atoms with Gasteiger partial charge in [-0.25, -0.2) is 4.39 Å². The second-order valence-electron chi connectivity index (χ2n) is 3.21. The Morgan fingerprint density at radius 3 is 2.75 bits per heavy atom. The van der Waals surface area contributed by atoms with Crippen molar-refractivity contribution in [1.29, 1.82) is 5.26 Å². The van der Waals surface area contributed by atoms with Crippen LogP contribution in [0.1, 0.15) is 11.1 Å². The van der Waals surface area contributed by atoms with E-state index in [9.17, 15) is 4.39 Å². The van der Waals surface area contributed by atoms with Gasteiger partial charge in [-0.15, -0.1) is 0 Å². The van der Waals surface area contributed by atoms with Gasteiger partial charge in [-0.05, 0) is 34.5 Å². The highest BCUT2D eigenvalue weighted by Gasteiger charge is 2.06. The summed E-state index contributed by atoms with van der Waals surface area (Å²) in [5.74, 6) is -0.370. The third kappa shape index (κ3) is 2.18. The van der Waals surface area contributed by atoms with Crippen molar-refractivity contribution in [3.05, 3.63) is 58.0 Å². The van der Waals surface area contributed by atoms with Crippen molar-refractivity contribution in [2.75, 3.05) is 0 Å². The van der Waals surface area contributed by atoms with Crippen molar-refractivity contribution in [1.82, 2.24) is 0 Å². The minimum Gasteiger partial charge on any atom is -0.206 e. The van der Waals surface area contributed by atoms with E-state index < -0.39 is 0 Å². The van der Waals surface area contributed by atoms with E-state index in [0.717, 1.165) is 5.56 Å². The van der Waals surface area contributed by atoms with Crippen molar-refractivity contribution in [3.8, 4) is 6.07 Å². The minimum absolute atomic E-state index is 0.344. The summed E-state index contributed by atoms with van der Waals surface area (Å²) >= 11 is 1.54. The van der Waals surface area contributed by atoms with Gasteiger partial charge in [0.2, 0.25) is 0 Å². The fourth-order valence-electron chi connectivity index (χ4n) is 1.37. The summed E-state index contributed by atoms with van der Waals surface area (Å²) in [4.78, 5) is 0. The van der Waals surface area contributed by atoms with Gasteiger partial charge in [0.05, 0.1) is 11.6 Å². The average Bonchev–Trinajstić information content (AvgIpc) is 2.80. The van der Waals surface area contributed by atoms with Gasteiger partial charge in [0.15, 0.2) is 0 Å². The minimum atomic E-state index is -0.370. The highest BCUT2D eigenvalue weighted by molar-refractivity contribution is 7.08. The SMILES string of the molecule is N#C/C(=C/c1ccsc1)c1ccccc1F. The van der Waals surface area contributed by atoms with Gasteiger partial charge in [-0.3, -0.25) is 0 Å². The third-order valence-corrected chi connectivity index (χ3v) is 2.84. The largest absolute Gasteiger partial charge is 0.206 e. The van der Waals surface area contributed by atoms with Crippen LogP contribution in [0.2, 0.25) is 0 Å². The van der Waals surface area contributed by atoms with E-state index in [4.69, 9.17) is 5.26 Å². The van der Waals surface area contributed by atoms with E-state index in [-0.39, 0.29) is 5.82 Å². The topological polar surface area (TPSA) is 23.8 Å². The zero-order valence-electron chi connectivity index (χ0n) is 8.35. The lowest BCUT2D eigenvalue weighted by atomic mass is 10.0. The fourth-order valence-corrected chi connectivity index (χ4v) is 1.99. The molecular formula is C13H8FNS. The molecule has 0 bridgehead atoms. The van der Waals surface area contributed by atoms with Gasteiger partial charge in [-0.2, -0.15) is 16.6 Å². The maximum absolute atomic E-state index is 13.5. The Kier molecular flexibility index (Phi) is 3.13. The first-order valence-electron chi connectivity index (χ1n) is 4.70. The molecule has 1 aromatic heterocycles. The molecule has 0 atom stereocenters. The quantitative estimate of drug-likeness (QED) is 0.715.